The van der Waals surface area contributed by atoms with Crippen molar-refractivity contribution < 1.29 is 63.6 Å². The summed E-state index contributed by atoms with van der Waals surface area (Å²) in [6.45, 7) is 3.11. The lowest BCUT2D eigenvalue weighted by molar-refractivity contribution is -0.174. The number of sulfone groups is 2. The second kappa shape index (κ2) is 20.2. The molecule has 2 heterocycles. The van der Waals surface area contributed by atoms with Crippen molar-refractivity contribution in [3.8, 4) is 23.0 Å². The van der Waals surface area contributed by atoms with E-state index in [0.29, 0.717) is 11.1 Å². The highest BCUT2D eigenvalue weighted by Gasteiger charge is 2.46. The molecule has 20 heteroatoms. The molecule has 0 radical (unpaired) electrons. The van der Waals surface area contributed by atoms with Crippen molar-refractivity contribution in [3.63, 3.8) is 0 Å². The fourth-order valence-electron chi connectivity index (χ4n) is 7.40. The fourth-order valence-corrected chi connectivity index (χ4v) is 12.8. The van der Waals surface area contributed by atoms with Crippen molar-refractivity contribution in [3.05, 3.63) is 174 Å². The summed E-state index contributed by atoms with van der Waals surface area (Å²) in [4.78, 5) is 26.4. The van der Waals surface area contributed by atoms with Crippen LogP contribution in [-0.2, 0) is 59.4 Å². The normalized spacial score (nSPS) is 18.1. The molecule has 0 saturated carbocycles. The lowest BCUT2D eigenvalue weighted by atomic mass is 9.96. The lowest BCUT2D eigenvalue weighted by Gasteiger charge is -2.28. The zero-order valence-electron chi connectivity index (χ0n) is 36.1. The second-order valence-corrected chi connectivity index (χ2v) is 22.0. The van der Waals surface area contributed by atoms with Gasteiger partial charge in [0.05, 0.1) is 30.2 Å². The first-order valence-electron chi connectivity index (χ1n) is 20.1. The smallest absolute Gasteiger partial charge is 0.343 e. The van der Waals surface area contributed by atoms with Crippen molar-refractivity contribution in [2.24, 2.45) is 0 Å². The highest BCUT2D eigenvalue weighted by atomic mass is 79.9. The average Bonchev–Trinajstić information content (AvgIpc) is 3.71. The van der Waals surface area contributed by atoms with Crippen LogP contribution in [0.1, 0.15) is 48.3 Å². The van der Waals surface area contributed by atoms with Crippen LogP contribution in [0.4, 0.5) is 8.78 Å². The van der Waals surface area contributed by atoms with Crippen LogP contribution in [0.2, 0.25) is 10.0 Å². The highest BCUT2D eigenvalue weighted by Crippen LogP contribution is 2.48. The first-order valence-corrected chi connectivity index (χ1v) is 25.8. The second-order valence-electron chi connectivity index (χ2n) is 15.6. The summed E-state index contributed by atoms with van der Waals surface area (Å²) in [6.07, 6.45) is -2.22. The molecule has 6 aromatic carbocycles. The summed E-state index contributed by atoms with van der Waals surface area (Å²) >= 11 is 18.6. The third kappa shape index (κ3) is 10.5. The largest absolute Gasteiger partial charge is 0.456 e. The van der Waals surface area contributed by atoms with Gasteiger partial charge in [0.2, 0.25) is 0 Å². The fraction of sp³-hybridized carbons (Fsp3) is 0.208. The topological polar surface area (TPSA) is 158 Å². The summed E-state index contributed by atoms with van der Waals surface area (Å²) in [5.41, 5.74) is -1.32. The number of ether oxygens (including phenoxy) is 6. The summed E-state index contributed by atoms with van der Waals surface area (Å²) < 4.78 is 113. The van der Waals surface area contributed by atoms with E-state index < -0.39 is 78.2 Å². The molecule has 12 nitrogen and oxygen atoms in total. The minimum Gasteiger partial charge on any atom is -0.456 e. The van der Waals surface area contributed by atoms with Crippen molar-refractivity contribution in [1.82, 2.24) is 0 Å². The Morgan fingerprint density at radius 3 is 1.25 bits per heavy atom. The maximum atomic E-state index is 13.7. The summed E-state index contributed by atoms with van der Waals surface area (Å²) in [5.74, 6) is -2.89. The van der Waals surface area contributed by atoms with Gasteiger partial charge in [-0.2, -0.15) is 0 Å². The first kappa shape index (κ1) is 50.9. The average molecular weight is 1140 g/mol. The van der Waals surface area contributed by atoms with Crippen LogP contribution in [0.25, 0.3) is 0 Å². The minimum absolute atomic E-state index is 0.0145. The van der Waals surface area contributed by atoms with Crippen molar-refractivity contribution in [2.75, 3.05) is 25.7 Å². The van der Waals surface area contributed by atoms with E-state index in [1.807, 2.05) is 0 Å². The number of methoxy groups -OCH3 is 2. The highest BCUT2D eigenvalue weighted by molar-refractivity contribution is 9.11. The Morgan fingerprint density at radius 1 is 0.574 bits per heavy atom. The summed E-state index contributed by atoms with van der Waals surface area (Å²) in [6, 6.07) is 30.5. The Kier molecular flexibility index (Phi) is 15.1. The number of rotatable bonds is 12. The van der Waals surface area contributed by atoms with Crippen LogP contribution in [0, 0.1) is 11.6 Å². The number of halogens is 6. The molecule has 8 rings (SSSR count). The van der Waals surface area contributed by atoms with Crippen molar-refractivity contribution >= 4 is 86.7 Å². The molecule has 4 atom stereocenters. The van der Waals surface area contributed by atoms with Crippen LogP contribution in [0.3, 0.4) is 0 Å². The van der Waals surface area contributed by atoms with Gasteiger partial charge in [-0.1, -0.05) is 83.9 Å². The van der Waals surface area contributed by atoms with E-state index in [0.717, 1.165) is 24.3 Å². The summed E-state index contributed by atoms with van der Waals surface area (Å²) in [7, 11) is -4.71. The predicted molar refractivity (Wildman–Crippen MR) is 255 cm³/mol. The molecule has 2 aliphatic heterocycles. The molecule has 68 heavy (non-hydrogen) atoms. The monoisotopic (exact) mass is 1140 g/mol. The van der Waals surface area contributed by atoms with Crippen LogP contribution in [0.5, 0.6) is 23.0 Å². The maximum absolute atomic E-state index is 13.7. The molecule has 0 fully saturated rings. The van der Waals surface area contributed by atoms with Crippen molar-refractivity contribution in [1.29, 1.82) is 0 Å². The van der Waals surface area contributed by atoms with Gasteiger partial charge in [-0.15, -0.1) is 0 Å². The molecule has 0 saturated heterocycles. The van der Waals surface area contributed by atoms with Gasteiger partial charge >= 0.3 is 11.9 Å². The molecular formula is C48H38Br2Cl2F2O12S2. The zero-order chi connectivity index (χ0) is 49.3. The number of esters is 2. The van der Waals surface area contributed by atoms with Gasteiger partial charge in [-0.25, -0.2) is 35.2 Å². The number of carbonyl (C=O) groups excluding carboxylic acids is 2. The molecule has 2 aliphatic rings. The van der Waals surface area contributed by atoms with Gasteiger partial charge in [0, 0.05) is 47.5 Å². The van der Waals surface area contributed by atoms with Crippen LogP contribution < -0.4 is 9.47 Å². The molecule has 0 bridgehead atoms. The van der Waals surface area contributed by atoms with E-state index in [1.54, 1.807) is 74.5 Å². The maximum Gasteiger partial charge on any atom is 0.343 e. The predicted octanol–water partition coefficient (Wildman–Crippen LogP) is 11.9. The quantitative estimate of drug-likeness (QED) is 0.107. The Morgan fingerprint density at radius 2 is 0.926 bits per heavy atom. The van der Waals surface area contributed by atoms with Gasteiger partial charge in [0.15, 0.2) is 30.9 Å². The molecule has 0 spiro atoms. The number of hydrogen-bond acceptors (Lipinski definition) is 12. The van der Waals surface area contributed by atoms with Gasteiger partial charge < -0.3 is 28.4 Å². The van der Waals surface area contributed by atoms with E-state index in [-0.39, 0.29) is 62.9 Å². The number of benzene rings is 6. The Hall–Kier alpha value is -4.92. The molecule has 356 valence electrons. The number of fused-ring (bicyclic) bond motifs is 2. The third-order valence-electron chi connectivity index (χ3n) is 11.1. The molecule has 0 N–H and O–H groups in total. The number of hydrogen-bond donors (Lipinski definition) is 0. The van der Waals surface area contributed by atoms with E-state index in [4.69, 9.17) is 51.6 Å². The van der Waals surface area contributed by atoms with Crippen LogP contribution >= 0.6 is 55.1 Å². The number of carbonyl (C=O) groups is 2. The van der Waals surface area contributed by atoms with E-state index >= 15 is 0 Å². The molecular weight excluding hydrogens is 1100 g/mol. The van der Waals surface area contributed by atoms with Crippen LogP contribution in [0.15, 0.2) is 140 Å². The van der Waals surface area contributed by atoms with Gasteiger partial charge in [0.1, 0.15) is 46.8 Å². The zero-order valence-corrected chi connectivity index (χ0v) is 42.4. The Bertz CT molecular complexity index is 2900. The van der Waals surface area contributed by atoms with Gasteiger partial charge in [0.25, 0.3) is 0 Å². The first-order chi connectivity index (χ1) is 32.1. The van der Waals surface area contributed by atoms with E-state index in [9.17, 15) is 35.2 Å². The standard InChI is InChI=1S/2C24H19BrClFO6S/c2*1-24(31-2,14-6-4-3-5-7-14)23(28)33-19-13-34(29,30)20-9-8-18(22(25)21(19)20)32-17-11-15(26)10-16(27)12-17/h2*3-12,19H,13H2,1-2H3/t19-,24+;19-,24-/m10/s1. The van der Waals surface area contributed by atoms with Gasteiger partial charge in [-0.05, 0) is 105 Å². The lowest BCUT2D eigenvalue weighted by Crippen LogP contribution is -2.37. The SMILES string of the molecule is CO[C@](C)(C(=O)O[C@@H]1CS(=O)(=O)c2ccc(Oc3cc(F)cc(Cl)c3)c(Br)c21)c1ccccc1.CO[C@](C)(C(=O)O[C@H]1CS(=O)(=O)c2ccc(Oc3cc(F)cc(Cl)c3)c(Br)c21)c1ccccc1. The molecule has 0 aliphatic carbocycles. The van der Waals surface area contributed by atoms with Gasteiger partial charge in [-0.3, -0.25) is 0 Å². The van der Waals surface area contributed by atoms with E-state index in [1.165, 1.54) is 50.6 Å². The Balaban J connectivity index is 0.000000201. The van der Waals surface area contributed by atoms with E-state index in [2.05, 4.69) is 31.9 Å². The molecule has 6 aromatic rings. The molecule has 0 unspecified atom stereocenters. The molecule has 0 aromatic heterocycles. The van der Waals surface area contributed by atoms with Crippen LogP contribution in [-0.4, -0.2) is 54.5 Å². The third-order valence-corrected chi connectivity index (χ3v) is 16.7. The van der Waals surface area contributed by atoms with Crippen molar-refractivity contribution in [2.45, 2.75) is 47.0 Å². The summed E-state index contributed by atoms with van der Waals surface area (Å²) in [5, 5.41) is 0.280. The molecule has 0 amide bonds. The minimum atomic E-state index is -3.73. The Labute approximate surface area is 417 Å².